The highest BCUT2D eigenvalue weighted by atomic mass is 16.5. The van der Waals surface area contributed by atoms with Gasteiger partial charge in [-0.25, -0.2) is 0 Å². The predicted molar refractivity (Wildman–Crippen MR) is 127 cm³/mol. The van der Waals surface area contributed by atoms with Gasteiger partial charge in [0, 0.05) is 17.5 Å². The maximum absolute atomic E-state index is 13.3. The van der Waals surface area contributed by atoms with Crippen molar-refractivity contribution in [3.05, 3.63) is 101 Å². The van der Waals surface area contributed by atoms with Gasteiger partial charge in [0.1, 0.15) is 40.4 Å². The third-order valence-electron chi connectivity index (χ3n) is 6.11. The van der Waals surface area contributed by atoms with Crippen molar-refractivity contribution in [3.63, 3.8) is 0 Å². The number of ether oxygens (including phenoxy) is 1. The van der Waals surface area contributed by atoms with Gasteiger partial charge in [0.05, 0.1) is 12.0 Å². The van der Waals surface area contributed by atoms with E-state index in [4.69, 9.17) is 4.74 Å². The summed E-state index contributed by atoms with van der Waals surface area (Å²) in [5.74, 6) is -1.17. The van der Waals surface area contributed by atoms with Crippen LogP contribution in [-0.2, 0) is 6.42 Å². The molecule has 1 heterocycles. The first kappa shape index (κ1) is 21.4. The van der Waals surface area contributed by atoms with E-state index in [2.05, 4.69) is 0 Å². The molecule has 1 aliphatic rings. The van der Waals surface area contributed by atoms with Crippen LogP contribution in [0.15, 0.2) is 78.9 Å². The topological polar surface area (TPSA) is 107 Å². The lowest BCUT2D eigenvalue weighted by Crippen LogP contribution is -2.21. The van der Waals surface area contributed by atoms with Crippen LogP contribution in [0.1, 0.15) is 39.6 Å². The number of ketones is 1. The number of para-hydroxylation sites is 2. The maximum Gasteiger partial charge on any atom is 0.174 e. The molecule has 0 fully saturated rings. The van der Waals surface area contributed by atoms with Gasteiger partial charge in [-0.05, 0) is 23.3 Å². The molecule has 4 aromatic rings. The van der Waals surface area contributed by atoms with E-state index in [1.165, 1.54) is 12.1 Å². The summed E-state index contributed by atoms with van der Waals surface area (Å²) in [5, 5.41) is 43.3. The Kier molecular flexibility index (Phi) is 5.34. The zero-order valence-corrected chi connectivity index (χ0v) is 18.1. The quantitative estimate of drug-likeness (QED) is 0.326. The zero-order chi connectivity index (χ0) is 23.8. The molecule has 1 aliphatic heterocycles. The van der Waals surface area contributed by atoms with Crippen molar-refractivity contribution in [2.45, 2.75) is 18.9 Å². The van der Waals surface area contributed by atoms with E-state index in [0.717, 1.165) is 5.56 Å². The van der Waals surface area contributed by atoms with Crippen molar-refractivity contribution in [1.29, 1.82) is 0 Å². The number of aromatic hydroxyl groups is 4. The number of Topliss-reactive ketones (excluding diaryl/α,β-unsaturated/α-hetero) is 1. The van der Waals surface area contributed by atoms with Crippen LogP contribution in [0.3, 0.4) is 0 Å². The number of hydrogen-bond acceptors (Lipinski definition) is 6. The minimum absolute atomic E-state index is 0.00477. The van der Waals surface area contributed by atoms with Crippen molar-refractivity contribution in [1.82, 2.24) is 0 Å². The molecular weight excluding hydrogens is 432 g/mol. The van der Waals surface area contributed by atoms with Gasteiger partial charge in [0.2, 0.25) is 0 Å². The molecule has 6 heteroatoms. The smallest absolute Gasteiger partial charge is 0.174 e. The number of carbonyl (C=O) groups is 1. The Balaban J connectivity index is 1.75. The Morgan fingerprint density at radius 1 is 0.735 bits per heavy atom. The van der Waals surface area contributed by atoms with Crippen LogP contribution in [-0.4, -0.2) is 26.2 Å². The van der Waals surface area contributed by atoms with Crippen LogP contribution >= 0.6 is 0 Å². The van der Waals surface area contributed by atoms with Crippen LogP contribution in [0.5, 0.6) is 28.7 Å². The third-order valence-corrected chi connectivity index (χ3v) is 6.11. The molecule has 6 nitrogen and oxygen atoms in total. The van der Waals surface area contributed by atoms with E-state index in [1.54, 1.807) is 36.4 Å². The summed E-state index contributed by atoms with van der Waals surface area (Å²) >= 11 is 0. The molecule has 0 aromatic heterocycles. The molecule has 5 rings (SSSR count). The van der Waals surface area contributed by atoms with Gasteiger partial charge in [0.25, 0.3) is 0 Å². The van der Waals surface area contributed by atoms with Crippen LogP contribution in [0.25, 0.3) is 11.1 Å². The van der Waals surface area contributed by atoms with Gasteiger partial charge in [0.15, 0.2) is 5.78 Å². The number of rotatable bonds is 4. The summed E-state index contributed by atoms with van der Waals surface area (Å²) in [5.41, 5.74) is 1.63. The van der Waals surface area contributed by atoms with Crippen LogP contribution in [0.2, 0.25) is 0 Å². The van der Waals surface area contributed by atoms with E-state index in [-0.39, 0.29) is 63.9 Å². The molecule has 4 N–H and O–H groups in total. The number of benzene rings is 4. The molecule has 0 saturated carbocycles. The first-order valence-electron chi connectivity index (χ1n) is 10.9. The molecule has 0 saturated heterocycles. The standard InChI is InChI=1S/C28H22O6/c29-20-12-6-4-10-17(20)14-19-26(32)24(18-11-5-7-13-21(18)30)28-25(27(19)33)22(31)15-23(34-28)16-8-2-1-3-9-16/h1-13,23,29-30,32-33H,14-15H2/t23-/m0/s1. The number of phenolic OH excluding ortho intramolecular Hbond substituents is 4. The van der Waals surface area contributed by atoms with Gasteiger partial charge in [-0.2, -0.15) is 0 Å². The first-order chi connectivity index (χ1) is 16.5. The van der Waals surface area contributed by atoms with Crippen molar-refractivity contribution >= 4 is 5.78 Å². The Hall–Kier alpha value is -4.45. The molecule has 0 radical (unpaired) electrons. The van der Waals surface area contributed by atoms with E-state index in [0.29, 0.717) is 5.56 Å². The normalized spacial score (nSPS) is 14.9. The highest BCUT2D eigenvalue weighted by molar-refractivity contribution is 6.06. The Labute approximate surface area is 196 Å². The molecule has 0 aliphatic carbocycles. The third kappa shape index (κ3) is 3.59. The SMILES string of the molecule is O=C1C[C@@H](c2ccccc2)Oc2c1c(O)c(Cc1ccccc1O)c(O)c2-c1ccccc1O. The van der Waals surface area contributed by atoms with Crippen molar-refractivity contribution in [2.24, 2.45) is 0 Å². The highest BCUT2D eigenvalue weighted by Gasteiger charge is 2.37. The lowest BCUT2D eigenvalue weighted by atomic mass is 9.87. The lowest BCUT2D eigenvalue weighted by molar-refractivity contribution is 0.0845. The van der Waals surface area contributed by atoms with Crippen LogP contribution in [0, 0.1) is 0 Å². The van der Waals surface area contributed by atoms with E-state index in [9.17, 15) is 25.2 Å². The Morgan fingerprint density at radius 3 is 2.06 bits per heavy atom. The number of phenols is 4. The molecule has 4 aromatic carbocycles. The summed E-state index contributed by atoms with van der Waals surface area (Å²) in [7, 11) is 0. The van der Waals surface area contributed by atoms with E-state index >= 15 is 0 Å². The molecular formula is C28H22O6. The number of fused-ring (bicyclic) bond motifs is 1. The Morgan fingerprint density at radius 2 is 1.35 bits per heavy atom. The highest BCUT2D eigenvalue weighted by Crippen LogP contribution is 2.54. The molecule has 0 bridgehead atoms. The van der Waals surface area contributed by atoms with E-state index in [1.807, 2.05) is 30.3 Å². The monoisotopic (exact) mass is 454 g/mol. The fourth-order valence-corrected chi connectivity index (χ4v) is 4.39. The van der Waals surface area contributed by atoms with Gasteiger partial charge in [-0.15, -0.1) is 0 Å². The van der Waals surface area contributed by atoms with Gasteiger partial charge < -0.3 is 25.2 Å². The summed E-state index contributed by atoms with van der Waals surface area (Å²) in [4.78, 5) is 13.3. The maximum atomic E-state index is 13.3. The average Bonchev–Trinajstić information content (AvgIpc) is 2.84. The predicted octanol–water partition coefficient (Wildman–Crippen LogP) is 5.47. The summed E-state index contributed by atoms with van der Waals surface area (Å²) in [6, 6.07) is 22.2. The number of hydrogen-bond donors (Lipinski definition) is 4. The zero-order valence-electron chi connectivity index (χ0n) is 18.1. The minimum Gasteiger partial charge on any atom is -0.508 e. The van der Waals surface area contributed by atoms with Crippen molar-refractivity contribution in [3.8, 4) is 39.9 Å². The first-order valence-corrected chi connectivity index (χ1v) is 10.9. The summed E-state index contributed by atoms with van der Waals surface area (Å²) in [6.45, 7) is 0. The molecule has 34 heavy (non-hydrogen) atoms. The second-order valence-corrected chi connectivity index (χ2v) is 8.22. The molecule has 1 atom stereocenters. The second-order valence-electron chi connectivity index (χ2n) is 8.22. The van der Waals surface area contributed by atoms with Crippen LogP contribution in [0.4, 0.5) is 0 Å². The molecule has 0 unspecified atom stereocenters. The largest absolute Gasteiger partial charge is 0.508 e. The summed E-state index contributed by atoms with van der Waals surface area (Å²) < 4.78 is 6.22. The molecule has 0 spiro atoms. The van der Waals surface area contributed by atoms with Crippen molar-refractivity contribution < 1.29 is 30.0 Å². The van der Waals surface area contributed by atoms with Gasteiger partial charge in [-0.1, -0.05) is 66.7 Å². The lowest BCUT2D eigenvalue weighted by Gasteiger charge is -2.30. The average molecular weight is 454 g/mol. The Bertz CT molecular complexity index is 1390. The van der Waals surface area contributed by atoms with E-state index < -0.39 is 11.9 Å². The van der Waals surface area contributed by atoms with Gasteiger partial charge >= 0.3 is 0 Å². The van der Waals surface area contributed by atoms with Gasteiger partial charge in [-0.3, -0.25) is 4.79 Å². The molecule has 0 amide bonds. The fraction of sp³-hybridized carbons (Fsp3) is 0.107. The fourth-order valence-electron chi connectivity index (χ4n) is 4.39. The molecule has 170 valence electrons. The van der Waals surface area contributed by atoms with Crippen molar-refractivity contribution in [2.75, 3.05) is 0 Å². The second kappa shape index (κ2) is 8.48. The minimum atomic E-state index is -0.617. The summed E-state index contributed by atoms with van der Waals surface area (Å²) in [6.07, 6.45) is -0.646. The number of carbonyl (C=O) groups excluding carboxylic acids is 1. The van der Waals surface area contributed by atoms with Crippen LogP contribution < -0.4 is 4.74 Å².